The lowest BCUT2D eigenvalue weighted by Gasteiger charge is -1.98. The van der Waals surface area contributed by atoms with E-state index in [9.17, 15) is 9.59 Å². The van der Waals surface area contributed by atoms with Gasteiger partial charge in [-0.25, -0.2) is 9.59 Å². The van der Waals surface area contributed by atoms with Gasteiger partial charge in [0.1, 0.15) is 0 Å². The SMILES string of the molecule is CCOC(=O)/C=C/C(=O)OCc1nnc(-c2ccccc2Br)o1. The Labute approximate surface area is 140 Å². The van der Waals surface area contributed by atoms with Crippen LogP contribution in [0.3, 0.4) is 0 Å². The van der Waals surface area contributed by atoms with E-state index in [4.69, 9.17) is 9.15 Å². The minimum Gasteiger partial charge on any atom is -0.463 e. The van der Waals surface area contributed by atoms with Crippen molar-refractivity contribution in [1.29, 1.82) is 0 Å². The molecule has 7 nitrogen and oxygen atoms in total. The molecule has 0 unspecified atom stereocenters. The van der Waals surface area contributed by atoms with Crippen LogP contribution in [0.2, 0.25) is 0 Å². The van der Waals surface area contributed by atoms with Crippen molar-refractivity contribution >= 4 is 27.9 Å². The van der Waals surface area contributed by atoms with Crippen molar-refractivity contribution in [1.82, 2.24) is 10.2 Å². The van der Waals surface area contributed by atoms with Crippen LogP contribution in [-0.2, 0) is 25.7 Å². The Morgan fingerprint density at radius 3 is 2.57 bits per heavy atom. The van der Waals surface area contributed by atoms with Gasteiger partial charge in [0.15, 0.2) is 6.61 Å². The monoisotopic (exact) mass is 380 g/mol. The summed E-state index contributed by atoms with van der Waals surface area (Å²) in [6, 6.07) is 7.36. The summed E-state index contributed by atoms with van der Waals surface area (Å²) in [6.45, 7) is 1.71. The molecule has 2 rings (SSSR count). The molecule has 0 fully saturated rings. The Hall–Kier alpha value is -2.48. The second kappa shape index (κ2) is 8.23. The first-order valence-electron chi connectivity index (χ1n) is 6.69. The number of rotatable bonds is 6. The van der Waals surface area contributed by atoms with Crippen LogP contribution in [0.4, 0.5) is 0 Å². The molecule has 0 saturated carbocycles. The highest BCUT2D eigenvalue weighted by atomic mass is 79.9. The zero-order valence-corrected chi connectivity index (χ0v) is 13.8. The fraction of sp³-hybridized carbons (Fsp3) is 0.200. The number of hydrogen-bond donors (Lipinski definition) is 0. The van der Waals surface area contributed by atoms with Crippen LogP contribution >= 0.6 is 15.9 Å². The zero-order chi connectivity index (χ0) is 16.7. The van der Waals surface area contributed by atoms with Gasteiger partial charge in [0, 0.05) is 16.6 Å². The molecule has 0 radical (unpaired) electrons. The first-order valence-corrected chi connectivity index (χ1v) is 7.48. The Balaban J connectivity index is 1.91. The molecule has 0 N–H and O–H groups in total. The van der Waals surface area contributed by atoms with Gasteiger partial charge in [0.25, 0.3) is 5.89 Å². The summed E-state index contributed by atoms with van der Waals surface area (Å²) in [5.41, 5.74) is 0.736. The van der Waals surface area contributed by atoms with Gasteiger partial charge in [-0.2, -0.15) is 0 Å². The summed E-state index contributed by atoms with van der Waals surface area (Å²) in [6.07, 6.45) is 1.97. The molecule has 120 valence electrons. The number of hydrogen-bond acceptors (Lipinski definition) is 7. The predicted molar refractivity (Wildman–Crippen MR) is 83.0 cm³/mol. The molecule has 1 aromatic heterocycles. The number of benzene rings is 1. The van der Waals surface area contributed by atoms with Crippen molar-refractivity contribution in [3.8, 4) is 11.5 Å². The van der Waals surface area contributed by atoms with Crippen LogP contribution in [0.25, 0.3) is 11.5 Å². The molecule has 1 aromatic carbocycles. The predicted octanol–water partition coefficient (Wildman–Crippen LogP) is 2.66. The number of esters is 2. The summed E-state index contributed by atoms with van der Waals surface area (Å²) in [4.78, 5) is 22.5. The molecular weight excluding hydrogens is 368 g/mol. The van der Waals surface area contributed by atoms with Crippen LogP contribution in [0, 0.1) is 0 Å². The number of carbonyl (C=O) groups is 2. The second-order valence-corrected chi connectivity index (χ2v) is 5.03. The molecule has 2 aromatic rings. The molecule has 23 heavy (non-hydrogen) atoms. The molecule has 0 aliphatic heterocycles. The first-order chi connectivity index (χ1) is 11.1. The molecule has 0 aliphatic rings. The molecule has 0 bridgehead atoms. The molecular formula is C15H13BrN2O5. The average molecular weight is 381 g/mol. The summed E-state index contributed by atoms with van der Waals surface area (Å²) in [5, 5.41) is 7.69. The third-order valence-electron chi connectivity index (χ3n) is 2.55. The van der Waals surface area contributed by atoms with E-state index in [1.54, 1.807) is 6.92 Å². The van der Waals surface area contributed by atoms with Gasteiger partial charge >= 0.3 is 11.9 Å². The van der Waals surface area contributed by atoms with E-state index in [2.05, 4.69) is 30.9 Å². The van der Waals surface area contributed by atoms with Gasteiger partial charge in [-0.05, 0) is 35.0 Å². The van der Waals surface area contributed by atoms with E-state index in [-0.39, 0.29) is 19.1 Å². The fourth-order valence-corrected chi connectivity index (χ4v) is 2.02. The van der Waals surface area contributed by atoms with Crippen LogP contribution in [0.5, 0.6) is 0 Å². The van der Waals surface area contributed by atoms with Crippen LogP contribution < -0.4 is 0 Å². The third-order valence-corrected chi connectivity index (χ3v) is 3.24. The quantitative estimate of drug-likeness (QED) is 0.561. The maximum absolute atomic E-state index is 11.4. The first kappa shape index (κ1) is 16.9. The van der Waals surface area contributed by atoms with Crippen LogP contribution in [-0.4, -0.2) is 28.7 Å². The molecule has 0 saturated heterocycles. The van der Waals surface area contributed by atoms with E-state index in [1.165, 1.54) is 0 Å². The van der Waals surface area contributed by atoms with Gasteiger partial charge < -0.3 is 13.9 Å². The normalized spacial score (nSPS) is 10.7. The van der Waals surface area contributed by atoms with Crippen molar-refractivity contribution < 1.29 is 23.5 Å². The minimum absolute atomic E-state index is 0.147. The highest BCUT2D eigenvalue weighted by Crippen LogP contribution is 2.26. The smallest absolute Gasteiger partial charge is 0.331 e. The lowest BCUT2D eigenvalue weighted by atomic mass is 10.2. The highest BCUT2D eigenvalue weighted by molar-refractivity contribution is 9.10. The Morgan fingerprint density at radius 2 is 1.87 bits per heavy atom. The molecule has 0 spiro atoms. The van der Waals surface area contributed by atoms with Crippen molar-refractivity contribution in [2.75, 3.05) is 6.61 Å². The van der Waals surface area contributed by atoms with Crippen molar-refractivity contribution in [3.05, 3.63) is 46.8 Å². The maximum Gasteiger partial charge on any atom is 0.331 e. The van der Waals surface area contributed by atoms with Crippen LogP contribution in [0.15, 0.2) is 45.3 Å². The zero-order valence-electron chi connectivity index (χ0n) is 12.2. The lowest BCUT2D eigenvalue weighted by molar-refractivity contribution is -0.141. The second-order valence-electron chi connectivity index (χ2n) is 4.17. The summed E-state index contributed by atoms with van der Waals surface area (Å²) >= 11 is 3.39. The van der Waals surface area contributed by atoms with Crippen molar-refractivity contribution in [2.24, 2.45) is 0 Å². The Kier molecular flexibility index (Phi) is 6.04. The van der Waals surface area contributed by atoms with E-state index < -0.39 is 11.9 Å². The minimum atomic E-state index is -0.710. The summed E-state index contributed by atoms with van der Waals surface area (Å²) in [5.74, 6) is -0.864. The van der Waals surface area contributed by atoms with Gasteiger partial charge in [-0.3, -0.25) is 0 Å². The van der Waals surface area contributed by atoms with E-state index in [0.29, 0.717) is 5.89 Å². The molecule has 0 aliphatic carbocycles. The van der Waals surface area contributed by atoms with Crippen molar-refractivity contribution in [3.63, 3.8) is 0 Å². The topological polar surface area (TPSA) is 91.5 Å². The van der Waals surface area contributed by atoms with E-state index in [1.807, 2.05) is 24.3 Å². The average Bonchev–Trinajstić information content (AvgIpc) is 3.00. The van der Waals surface area contributed by atoms with E-state index >= 15 is 0 Å². The molecule has 1 heterocycles. The highest BCUT2D eigenvalue weighted by Gasteiger charge is 2.12. The number of halogens is 1. The van der Waals surface area contributed by atoms with Crippen molar-refractivity contribution in [2.45, 2.75) is 13.5 Å². The largest absolute Gasteiger partial charge is 0.463 e. The molecule has 8 heteroatoms. The maximum atomic E-state index is 11.4. The summed E-state index contributed by atoms with van der Waals surface area (Å²) < 4.78 is 15.8. The Morgan fingerprint density at radius 1 is 1.17 bits per heavy atom. The van der Waals surface area contributed by atoms with Gasteiger partial charge in [0.2, 0.25) is 5.89 Å². The van der Waals surface area contributed by atoms with Gasteiger partial charge in [-0.1, -0.05) is 12.1 Å². The molecule has 0 atom stereocenters. The standard InChI is InChI=1S/C15H13BrN2O5/c1-2-21-13(19)7-8-14(20)22-9-12-17-18-15(23-12)10-5-3-4-6-11(10)16/h3-8H,2,9H2,1H3/b8-7+. The van der Waals surface area contributed by atoms with Gasteiger partial charge in [0.05, 0.1) is 12.2 Å². The third kappa shape index (κ3) is 5.03. The Bertz CT molecular complexity index is 726. The van der Waals surface area contributed by atoms with E-state index in [0.717, 1.165) is 22.2 Å². The fourth-order valence-electron chi connectivity index (χ4n) is 1.56. The summed E-state index contributed by atoms with van der Waals surface area (Å²) in [7, 11) is 0. The van der Waals surface area contributed by atoms with Gasteiger partial charge in [-0.15, -0.1) is 10.2 Å². The molecule has 0 amide bonds. The number of nitrogens with zero attached hydrogens (tertiary/aromatic N) is 2. The number of ether oxygens (including phenoxy) is 2. The van der Waals surface area contributed by atoms with Crippen LogP contribution in [0.1, 0.15) is 12.8 Å². The number of carbonyl (C=O) groups excluding carboxylic acids is 2. The lowest BCUT2D eigenvalue weighted by Crippen LogP contribution is -2.04. The number of aromatic nitrogens is 2.